The molecule has 0 radical (unpaired) electrons. The van der Waals surface area contributed by atoms with Crippen LogP contribution in [0.4, 0.5) is 4.39 Å². The van der Waals surface area contributed by atoms with E-state index in [1.807, 2.05) is 20.8 Å². The molecular weight excluding hydrogens is 361 g/mol. The molecule has 0 amide bonds. The van der Waals surface area contributed by atoms with Gasteiger partial charge in [-0.25, -0.2) is 19.2 Å². The van der Waals surface area contributed by atoms with E-state index in [2.05, 4.69) is 0 Å². The third-order valence-electron chi connectivity index (χ3n) is 4.31. The van der Waals surface area contributed by atoms with Crippen molar-refractivity contribution in [3.05, 3.63) is 41.5 Å². The summed E-state index contributed by atoms with van der Waals surface area (Å²) in [5, 5.41) is 0. The molecule has 0 saturated carbocycles. The van der Waals surface area contributed by atoms with Gasteiger partial charge in [0.1, 0.15) is 5.82 Å². The molecule has 148 valence electrons. The highest BCUT2D eigenvalue weighted by molar-refractivity contribution is 5.99. The highest BCUT2D eigenvalue weighted by Gasteiger charge is 2.27. The first-order chi connectivity index (χ1) is 13.4. The molecule has 0 N–H and O–H groups in total. The van der Waals surface area contributed by atoms with E-state index in [0.29, 0.717) is 29.0 Å². The lowest BCUT2D eigenvalue weighted by Crippen LogP contribution is -2.14. The maximum absolute atomic E-state index is 13.4. The summed E-state index contributed by atoms with van der Waals surface area (Å²) in [6.45, 7) is 7.74. The Morgan fingerprint density at radius 3 is 2.43 bits per heavy atom. The molecule has 0 bridgehead atoms. The monoisotopic (exact) mass is 385 g/mol. The van der Waals surface area contributed by atoms with Gasteiger partial charge >= 0.3 is 5.97 Å². The number of benzene rings is 1. The number of aromatic nitrogens is 3. The standard InChI is InChI=1S/C21H24FN3O3/c1-6-15-16(13-8-10-14(22)11-9-13)24-17-19(28-12(3)4)18(21(26)27-7-2)25(5)20(17)23-15/h8-12H,6-7H2,1-5H3. The Morgan fingerprint density at radius 2 is 1.86 bits per heavy atom. The Kier molecular flexibility index (Phi) is 5.63. The maximum Gasteiger partial charge on any atom is 0.358 e. The van der Waals surface area contributed by atoms with Crippen LogP contribution in [0.2, 0.25) is 0 Å². The van der Waals surface area contributed by atoms with Crippen molar-refractivity contribution in [2.75, 3.05) is 6.61 Å². The number of ether oxygens (including phenoxy) is 2. The van der Waals surface area contributed by atoms with Gasteiger partial charge in [0, 0.05) is 12.6 Å². The third kappa shape index (κ3) is 3.56. The number of esters is 1. The minimum atomic E-state index is -0.484. The average molecular weight is 385 g/mol. The molecule has 6 nitrogen and oxygen atoms in total. The summed E-state index contributed by atoms with van der Waals surface area (Å²) >= 11 is 0. The molecule has 1 aromatic carbocycles. The minimum Gasteiger partial charge on any atom is -0.486 e. The van der Waals surface area contributed by atoms with Crippen molar-refractivity contribution in [3.63, 3.8) is 0 Å². The predicted molar refractivity (Wildman–Crippen MR) is 105 cm³/mol. The molecule has 3 rings (SSSR count). The van der Waals surface area contributed by atoms with Crippen LogP contribution in [0.3, 0.4) is 0 Å². The van der Waals surface area contributed by atoms with Gasteiger partial charge in [-0.15, -0.1) is 0 Å². The fourth-order valence-electron chi connectivity index (χ4n) is 3.08. The zero-order chi connectivity index (χ0) is 20.4. The van der Waals surface area contributed by atoms with Crippen molar-refractivity contribution < 1.29 is 18.7 Å². The van der Waals surface area contributed by atoms with Gasteiger partial charge in [-0.3, -0.25) is 0 Å². The topological polar surface area (TPSA) is 66.2 Å². The van der Waals surface area contributed by atoms with Crippen LogP contribution in [0.15, 0.2) is 24.3 Å². The highest BCUT2D eigenvalue weighted by atomic mass is 19.1. The van der Waals surface area contributed by atoms with Crippen LogP contribution in [-0.4, -0.2) is 33.2 Å². The fourth-order valence-corrected chi connectivity index (χ4v) is 3.08. The molecule has 0 atom stereocenters. The quantitative estimate of drug-likeness (QED) is 0.592. The average Bonchev–Trinajstić information content (AvgIpc) is 2.92. The summed E-state index contributed by atoms with van der Waals surface area (Å²) in [6, 6.07) is 6.12. The van der Waals surface area contributed by atoms with Crippen molar-refractivity contribution in [1.29, 1.82) is 0 Å². The summed E-state index contributed by atoms with van der Waals surface area (Å²) in [5.74, 6) is -0.449. The van der Waals surface area contributed by atoms with Gasteiger partial charge in [-0.1, -0.05) is 6.92 Å². The van der Waals surface area contributed by atoms with Crippen molar-refractivity contribution >= 4 is 17.1 Å². The minimum absolute atomic E-state index is 0.166. The van der Waals surface area contributed by atoms with Crippen LogP contribution in [0.25, 0.3) is 22.4 Å². The Hall–Kier alpha value is -2.96. The molecule has 2 aromatic heterocycles. The second-order valence-electron chi connectivity index (χ2n) is 6.68. The molecule has 0 saturated heterocycles. The van der Waals surface area contributed by atoms with Crippen LogP contribution in [0, 0.1) is 5.82 Å². The summed E-state index contributed by atoms with van der Waals surface area (Å²) in [5.41, 5.74) is 3.46. The lowest BCUT2D eigenvalue weighted by atomic mass is 10.1. The maximum atomic E-state index is 13.4. The first-order valence-electron chi connectivity index (χ1n) is 9.36. The van der Waals surface area contributed by atoms with Crippen molar-refractivity contribution in [2.24, 2.45) is 7.05 Å². The van der Waals surface area contributed by atoms with Gasteiger partial charge in [0.25, 0.3) is 0 Å². The number of hydrogen-bond donors (Lipinski definition) is 0. The molecule has 0 aliphatic heterocycles. The Morgan fingerprint density at radius 1 is 1.18 bits per heavy atom. The smallest absolute Gasteiger partial charge is 0.358 e. The number of nitrogens with zero attached hydrogens (tertiary/aromatic N) is 3. The van der Waals surface area contributed by atoms with Crippen LogP contribution in [0.5, 0.6) is 5.75 Å². The molecule has 3 aromatic rings. The van der Waals surface area contributed by atoms with Gasteiger partial charge < -0.3 is 14.0 Å². The van der Waals surface area contributed by atoms with E-state index in [-0.39, 0.29) is 24.2 Å². The fraction of sp³-hybridized carbons (Fsp3) is 0.381. The van der Waals surface area contributed by atoms with Crippen molar-refractivity contribution in [1.82, 2.24) is 14.5 Å². The van der Waals surface area contributed by atoms with E-state index in [1.54, 1.807) is 30.7 Å². The SMILES string of the molecule is CCOC(=O)c1c(OC(C)C)c2nc(-c3ccc(F)cc3)c(CC)nc2n1C. The van der Waals surface area contributed by atoms with E-state index < -0.39 is 5.97 Å². The van der Waals surface area contributed by atoms with E-state index in [4.69, 9.17) is 19.4 Å². The lowest BCUT2D eigenvalue weighted by Gasteiger charge is -2.11. The number of carbonyl (C=O) groups is 1. The summed E-state index contributed by atoms with van der Waals surface area (Å²) in [7, 11) is 1.74. The Labute approximate surface area is 163 Å². The molecule has 0 spiro atoms. The number of rotatable bonds is 6. The van der Waals surface area contributed by atoms with Gasteiger partial charge in [-0.2, -0.15) is 0 Å². The number of halogens is 1. The second kappa shape index (κ2) is 7.96. The van der Waals surface area contributed by atoms with Gasteiger partial charge in [0.15, 0.2) is 22.6 Å². The molecular formula is C21H24FN3O3. The number of carbonyl (C=O) groups excluding carboxylic acids is 1. The van der Waals surface area contributed by atoms with Crippen LogP contribution < -0.4 is 4.74 Å². The zero-order valence-electron chi connectivity index (χ0n) is 16.7. The van der Waals surface area contributed by atoms with Crippen molar-refractivity contribution in [2.45, 2.75) is 40.2 Å². The molecule has 0 aliphatic carbocycles. The van der Waals surface area contributed by atoms with Crippen LogP contribution >= 0.6 is 0 Å². The van der Waals surface area contributed by atoms with E-state index >= 15 is 0 Å². The highest BCUT2D eigenvalue weighted by Crippen LogP contribution is 2.34. The Balaban J connectivity index is 2.31. The number of hydrogen-bond acceptors (Lipinski definition) is 5. The van der Waals surface area contributed by atoms with Crippen molar-refractivity contribution in [3.8, 4) is 17.0 Å². The third-order valence-corrected chi connectivity index (χ3v) is 4.31. The molecule has 28 heavy (non-hydrogen) atoms. The first kappa shape index (κ1) is 19.8. The van der Waals surface area contributed by atoms with E-state index in [0.717, 1.165) is 11.3 Å². The molecule has 0 unspecified atom stereocenters. The predicted octanol–water partition coefficient (Wildman–Crippen LogP) is 4.30. The van der Waals surface area contributed by atoms with Gasteiger partial charge in [0.05, 0.1) is 24.1 Å². The molecule has 2 heterocycles. The number of aryl methyl sites for hydroxylation is 2. The first-order valence-corrected chi connectivity index (χ1v) is 9.36. The van der Waals surface area contributed by atoms with Gasteiger partial charge in [-0.05, 0) is 51.5 Å². The molecule has 0 fully saturated rings. The number of fused-ring (bicyclic) bond motifs is 1. The van der Waals surface area contributed by atoms with Gasteiger partial charge in [0.2, 0.25) is 0 Å². The molecule has 7 heteroatoms. The van der Waals surface area contributed by atoms with Crippen LogP contribution in [0.1, 0.15) is 43.9 Å². The zero-order valence-corrected chi connectivity index (χ0v) is 16.7. The molecule has 0 aliphatic rings. The lowest BCUT2D eigenvalue weighted by molar-refractivity contribution is 0.0509. The normalized spacial score (nSPS) is 11.2. The summed E-state index contributed by atoms with van der Waals surface area (Å²) < 4.78 is 26.2. The second-order valence-corrected chi connectivity index (χ2v) is 6.68. The Bertz CT molecular complexity index is 1010. The summed E-state index contributed by atoms with van der Waals surface area (Å²) in [4.78, 5) is 22.1. The van der Waals surface area contributed by atoms with Crippen LogP contribution in [-0.2, 0) is 18.2 Å². The largest absolute Gasteiger partial charge is 0.486 e. The summed E-state index contributed by atoms with van der Waals surface area (Å²) in [6.07, 6.45) is 0.469. The van der Waals surface area contributed by atoms with E-state index in [9.17, 15) is 9.18 Å². The van der Waals surface area contributed by atoms with E-state index in [1.165, 1.54) is 12.1 Å².